The van der Waals surface area contributed by atoms with Crippen molar-refractivity contribution in [3.05, 3.63) is 23.9 Å². The third kappa shape index (κ3) is 5.28. The molecule has 0 aliphatic heterocycles. The highest BCUT2D eigenvalue weighted by Crippen LogP contribution is 2.06. The van der Waals surface area contributed by atoms with E-state index in [-0.39, 0.29) is 13.0 Å². The Kier molecular flexibility index (Phi) is 5.38. The molecule has 1 atom stereocenters. The van der Waals surface area contributed by atoms with E-state index >= 15 is 0 Å². The average molecular weight is 240 g/mol. The van der Waals surface area contributed by atoms with Crippen molar-refractivity contribution >= 4 is 5.97 Å². The summed E-state index contributed by atoms with van der Waals surface area (Å²) in [6.45, 7) is 0.756. The van der Waals surface area contributed by atoms with Gasteiger partial charge in [-0.1, -0.05) is 6.07 Å². The minimum Gasteiger partial charge on any atom is -0.481 e. The molecular formula is C11H16N2O4. The van der Waals surface area contributed by atoms with E-state index in [2.05, 4.69) is 10.3 Å². The Morgan fingerprint density at radius 2 is 2.35 bits per heavy atom. The van der Waals surface area contributed by atoms with Crippen LogP contribution in [0, 0.1) is 0 Å². The van der Waals surface area contributed by atoms with Crippen molar-refractivity contribution in [2.45, 2.75) is 19.1 Å². The molecule has 0 fully saturated rings. The van der Waals surface area contributed by atoms with Gasteiger partial charge in [0.15, 0.2) is 0 Å². The van der Waals surface area contributed by atoms with Crippen molar-refractivity contribution in [2.24, 2.45) is 0 Å². The molecule has 6 heteroatoms. The number of hydrogen-bond acceptors (Lipinski definition) is 5. The Balaban J connectivity index is 2.28. The monoisotopic (exact) mass is 240 g/mol. The third-order valence-electron chi connectivity index (χ3n) is 2.13. The van der Waals surface area contributed by atoms with E-state index in [1.165, 1.54) is 0 Å². The Labute approximate surface area is 99.3 Å². The molecule has 0 amide bonds. The van der Waals surface area contributed by atoms with Gasteiger partial charge >= 0.3 is 5.97 Å². The van der Waals surface area contributed by atoms with Crippen molar-refractivity contribution in [3.8, 4) is 5.88 Å². The predicted molar refractivity (Wildman–Crippen MR) is 60.8 cm³/mol. The van der Waals surface area contributed by atoms with Gasteiger partial charge in [0.05, 0.1) is 19.6 Å². The number of aliphatic hydroxyl groups excluding tert-OH is 1. The number of carbonyl (C=O) groups is 1. The molecule has 0 saturated carbocycles. The van der Waals surface area contributed by atoms with Crippen LogP contribution < -0.4 is 10.1 Å². The summed E-state index contributed by atoms with van der Waals surface area (Å²) in [6, 6.07) is 3.59. The van der Waals surface area contributed by atoms with Crippen molar-refractivity contribution in [3.63, 3.8) is 0 Å². The zero-order valence-corrected chi connectivity index (χ0v) is 9.59. The number of rotatable bonds is 7. The second-order valence-electron chi connectivity index (χ2n) is 3.59. The molecule has 17 heavy (non-hydrogen) atoms. The van der Waals surface area contributed by atoms with Gasteiger partial charge in [-0.3, -0.25) is 4.79 Å². The molecule has 1 aromatic rings. The summed E-state index contributed by atoms with van der Waals surface area (Å²) >= 11 is 0. The van der Waals surface area contributed by atoms with Gasteiger partial charge in [-0.2, -0.15) is 0 Å². The lowest BCUT2D eigenvalue weighted by molar-refractivity contribution is -0.139. The van der Waals surface area contributed by atoms with Crippen molar-refractivity contribution in [2.75, 3.05) is 13.7 Å². The predicted octanol–water partition coefficient (Wildman–Crippen LogP) is 0.0154. The van der Waals surface area contributed by atoms with Crippen LogP contribution in [0.1, 0.15) is 12.0 Å². The van der Waals surface area contributed by atoms with Crippen LogP contribution in [0.5, 0.6) is 5.88 Å². The number of nitrogens with zero attached hydrogens (tertiary/aromatic N) is 1. The number of carboxylic acid groups (broad SMARTS) is 1. The van der Waals surface area contributed by atoms with E-state index in [0.29, 0.717) is 12.4 Å². The standard InChI is InChI=1S/C11H16N2O4/c1-17-10-3-2-8(6-13-10)5-12-7-9(14)4-11(15)16/h2-3,6,9,12,14H,4-5,7H2,1H3,(H,15,16). The van der Waals surface area contributed by atoms with Crippen molar-refractivity contribution in [1.82, 2.24) is 10.3 Å². The molecule has 6 nitrogen and oxygen atoms in total. The summed E-state index contributed by atoms with van der Waals surface area (Å²) in [6.07, 6.45) is 0.530. The van der Waals surface area contributed by atoms with Crippen LogP contribution >= 0.6 is 0 Å². The molecule has 1 heterocycles. The normalized spacial score (nSPS) is 12.1. The Bertz CT molecular complexity index is 353. The lowest BCUT2D eigenvalue weighted by Gasteiger charge is -2.09. The largest absolute Gasteiger partial charge is 0.481 e. The maximum absolute atomic E-state index is 10.3. The molecule has 0 saturated heterocycles. The van der Waals surface area contributed by atoms with Crippen LogP contribution in [0.2, 0.25) is 0 Å². The summed E-state index contributed by atoms with van der Waals surface area (Å²) in [5.41, 5.74) is 0.938. The minimum atomic E-state index is -1.01. The van der Waals surface area contributed by atoms with E-state index in [1.54, 1.807) is 19.4 Å². The van der Waals surface area contributed by atoms with Gasteiger partial charge in [0.25, 0.3) is 0 Å². The molecule has 1 rings (SSSR count). The summed E-state index contributed by atoms with van der Waals surface area (Å²) in [5.74, 6) is -0.468. The number of hydrogen-bond donors (Lipinski definition) is 3. The molecule has 1 aromatic heterocycles. The lowest BCUT2D eigenvalue weighted by Crippen LogP contribution is -2.28. The number of carboxylic acids is 1. The first kappa shape index (κ1) is 13.4. The number of aliphatic carboxylic acids is 1. The second-order valence-corrected chi connectivity index (χ2v) is 3.59. The van der Waals surface area contributed by atoms with Crippen molar-refractivity contribution in [1.29, 1.82) is 0 Å². The van der Waals surface area contributed by atoms with Gasteiger partial charge in [-0.05, 0) is 5.56 Å². The highest BCUT2D eigenvalue weighted by atomic mass is 16.5. The van der Waals surface area contributed by atoms with E-state index < -0.39 is 12.1 Å². The number of ether oxygens (including phenoxy) is 1. The van der Waals surface area contributed by atoms with Gasteiger partial charge < -0.3 is 20.3 Å². The topological polar surface area (TPSA) is 91.7 Å². The van der Waals surface area contributed by atoms with Crippen LogP contribution in [0.25, 0.3) is 0 Å². The average Bonchev–Trinajstić information content (AvgIpc) is 2.29. The van der Waals surface area contributed by atoms with Gasteiger partial charge in [0, 0.05) is 25.4 Å². The van der Waals surface area contributed by atoms with Crippen LogP contribution in [-0.4, -0.2) is 40.9 Å². The first-order valence-electron chi connectivity index (χ1n) is 5.21. The second kappa shape index (κ2) is 6.82. The fraction of sp³-hybridized carbons (Fsp3) is 0.455. The Hall–Kier alpha value is -1.66. The highest BCUT2D eigenvalue weighted by molar-refractivity contribution is 5.67. The number of pyridine rings is 1. The van der Waals surface area contributed by atoms with Gasteiger partial charge in [-0.15, -0.1) is 0 Å². The summed E-state index contributed by atoms with van der Waals surface area (Å²) in [7, 11) is 1.54. The van der Waals surface area contributed by atoms with Gasteiger partial charge in [0.1, 0.15) is 0 Å². The van der Waals surface area contributed by atoms with Crippen LogP contribution in [0.4, 0.5) is 0 Å². The van der Waals surface area contributed by atoms with E-state index in [0.717, 1.165) is 5.56 Å². The van der Waals surface area contributed by atoms with Crippen LogP contribution in [-0.2, 0) is 11.3 Å². The minimum absolute atomic E-state index is 0.234. The zero-order chi connectivity index (χ0) is 12.7. The number of aromatic nitrogens is 1. The molecule has 0 aliphatic rings. The molecule has 0 spiro atoms. The third-order valence-corrected chi connectivity index (χ3v) is 2.13. The van der Waals surface area contributed by atoms with Crippen molar-refractivity contribution < 1.29 is 19.7 Å². The molecule has 0 bridgehead atoms. The fourth-order valence-corrected chi connectivity index (χ4v) is 1.29. The summed E-state index contributed by atoms with van der Waals surface area (Å²) in [5, 5.41) is 20.7. The SMILES string of the molecule is COc1ccc(CNCC(O)CC(=O)O)cn1. The fourth-order valence-electron chi connectivity index (χ4n) is 1.29. The van der Waals surface area contributed by atoms with Crippen LogP contribution in [0.3, 0.4) is 0 Å². The van der Waals surface area contributed by atoms with Crippen LogP contribution in [0.15, 0.2) is 18.3 Å². The first-order chi connectivity index (χ1) is 8.11. The summed E-state index contributed by atoms with van der Waals surface area (Å²) in [4.78, 5) is 14.3. The smallest absolute Gasteiger partial charge is 0.306 e. The number of methoxy groups -OCH3 is 1. The molecule has 94 valence electrons. The van der Waals surface area contributed by atoms with E-state index in [1.807, 2.05) is 6.07 Å². The van der Waals surface area contributed by atoms with E-state index in [4.69, 9.17) is 9.84 Å². The Morgan fingerprint density at radius 1 is 1.59 bits per heavy atom. The maximum atomic E-state index is 10.3. The lowest BCUT2D eigenvalue weighted by atomic mass is 10.2. The number of aliphatic hydroxyl groups is 1. The number of nitrogens with one attached hydrogen (secondary N) is 1. The highest BCUT2D eigenvalue weighted by Gasteiger charge is 2.08. The maximum Gasteiger partial charge on any atom is 0.306 e. The van der Waals surface area contributed by atoms with E-state index in [9.17, 15) is 9.90 Å². The first-order valence-corrected chi connectivity index (χ1v) is 5.21. The Morgan fingerprint density at radius 3 is 2.88 bits per heavy atom. The van der Waals surface area contributed by atoms with Gasteiger partial charge in [0.2, 0.25) is 5.88 Å². The molecule has 0 aliphatic carbocycles. The molecule has 0 aromatic carbocycles. The summed E-state index contributed by atoms with van der Waals surface area (Å²) < 4.78 is 4.92. The quantitative estimate of drug-likeness (QED) is 0.622. The molecule has 0 radical (unpaired) electrons. The molecule has 1 unspecified atom stereocenters. The molecule has 3 N–H and O–H groups in total. The molecular weight excluding hydrogens is 224 g/mol. The zero-order valence-electron chi connectivity index (χ0n) is 9.59. The van der Waals surface area contributed by atoms with Gasteiger partial charge in [-0.25, -0.2) is 4.98 Å².